The van der Waals surface area contributed by atoms with Crippen molar-refractivity contribution >= 4 is 5.69 Å². The fourth-order valence-electron chi connectivity index (χ4n) is 3.56. The van der Waals surface area contributed by atoms with Crippen LogP contribution in [-0.2, 0) is 0 Å². The van der Waals surface area contributed by atoms with E-state index < -0.39 is 17.2 Å². The Morgan fingerprint density at radius 1 is 1.07 bits per heavy atom. The highest BCUT2D eigenvalue weighted by molar-refractivity contribution is 5.66. The van der Waals surface area contributed by atoms with Crippen LogP contribution in [0.3, 0.4) is 0 Å². The Bertz CT molecular complexity index is 1010. The summed E-state index contributed by atoms with van der Waals surface area (Å²) in [7, 11) is 1.37. The second-order valence-corrected chi connectivity index (χ2v) is 7.60. The Kier molecular flexibility index (Phi) is 4.90. The van der Waals surface area contributed by atoms with Crippen LogP contribution < -0.4 is 9.64 Å². The first-order valence-electron chi connectivity index (χ1n) is 9.52. The van der Waals surface area contributed by atoms with Crippen molar-refractivity contribution in [3.63, 3.8) is 0 Å². The molecule has 1 aliphatic heterocycles. The Hall–Kier alpha value is -3.09. The van der Waals surface area contributed by atoms with Gasteiger partial charge in [0.25, 0.3) is 0 Å². The van der Waals surface area contributed by atoms with Crippen LogP contribution in [0.5, 0.6) is 11.5 Å². The summed E-state index contributed by atoms with van der Waals surface area (Å²) in [6, 6.07) is 10.7. The van der Waals surface area contributed by atoms with Crippen molar-refractivity contribution in [1.82, 2.24) is 9.78 Å². The summed E-state index contributed by atoms with van der Waals surface area (Å²) in [4.78, 5) is 2.19. The SMILES string of the molecule is COc1cc(-c2cnn(-c3ccc(N4CCC(C)(F)CC4)cc3)c2)cc(F)c1O. The van der Waals surface area contributed by atoms with E-state index in [4.69, 9.17) is 4.74 Å². The molecule has 1 aromatic heterocycles. The average molecular weight is 399 g/mol. The predicted molar refractivity (Wildman–Crippen MR) is 108 cm³/mol. The lowest BCUT2D eigenvalue weighted by atomic mass is 9.95. The van der Waals surface area contributed by atoms with Crippen molar-refractivity contribution in [2.24, 2.45) is 0 Å². The number of piperidine rings is 1. The third-order valence-corrected chi connectivity index (χ3v) is 5.45. The molecule has 0 spiro atoms. The first-order valence-corrected chi connectivity index (χ1v) is 9.52. The molecule has 2 heterocycles. The summed E-state index contributed by atoms with van der Waals surface area (Å²) in [6.07, 6.45) is 4.48. The topological polar surface area (TPSA) is 50.5 Å². The van der Waals surface area contributed by atoms with E-state index in [1.165, 1.54) is 13.2 Å². The van der Waals surface area contributed by atoms with Gasteiger partial charge >= 0.3 is 0 Å². The third kappa shape index (κ3) is 3.90. The molecule has 29 heavy (non-hydrogen) atoms. The summed E-state index contributed by atoms with van der Waals surface area (Å²) in [6.45, 7) is 3.07. The Balaban J connectivity index is 1.54. The lowest BCUT2D eigenvalue weighted by Crippen LogP contribution is -2.40. The van der Waals surface area contributed by atoms with Gasteiger partial charge in [0, 0.05) is 30.5 Å². The number of anilines is 1. The highest BCUT2D eigenvalue weighted by Crippen LogP contribution is 2.34. The molecule has 0 radical (unpaired) electrons. The monoisotopic (exact) mass is 399 g/mol. The summed E-state index contributed by atoms with van der Waals surface area (Å²) in [5, 5.41) is 14.0. The first kappa shape index (κ1) is 19.2. The van der Waals surface area contributed by atoms with Gasteiger partial charge in [-0.15, -0.1) is 0 Å². The molecule has 4 rings (SSSR count). The molecule has 0 atom stereocenters. The van der Waals surface area contributed by atoms with Gasteiger partial charge in [-0.05, 0) is 61.7 Å². The molecule has 0 aliphatic carbocycles. The van der Waals surface area contributed by atoms with Gasteiger partial charge in [0.2, 0.25) is 0 Å². The van der Waals surface area contributed by atoms with Gasteiger partial charge in [0.1, 0.15) is 5.67 Å². The van der Waals surface area contributed by atoms with Gasteiger partial charge in [0.05, 0.1) is 19.0 Å². The van der Waals surface area contributed by atoms with Crippen molar-refractivity contribution < 1.29 is 18.6 Å². The Morgan fingerprint density at radius 3 is 2.38 bits per heavy atom. The van der Waals surface area contributed by atoms with Crippen LogP contribution in [0.25, 0.3) is 16.8 Å². The number of rotatable bonds is 4. The standard InChI is InChI=1S/C22H23F2N3O2/c1-22(24)7-9-26(10-8-22)17-3-5-18(6-4-17)27-14-16(13-25-27)15-11-19(23)21(28)20(12-15)29-2/h3-6,11-14,28H,7-10H2,1-2H3. The molecule has 1 saturated heterocycles. The molecular weight excluding hydrogens is 376 g/mol. The number of benzene rings is 2. The summed E-state index contributed by atoms with van der Waals surface area (Å²) in [5.41, 5.74) is 2.10. The van der Waals surface area contributed by atoms with Crippen LogP contribution in [0.2, 0.25) is 0 Å². The number of alkyl halides is 1. The van der Waals surface area contributed by atoms with Crippen LogP contribution in [0.15, 0.2) is 48.8 Å². The number of hydrogen-bond acceptors (Lipinski definition) is 4. The van der Waals surface area contributed by atoms with Crippen LogP contribution in [0, 0.1) is 5.82 Å². The summed E-state index contributed by atoms with van der Waals surface area (Å²) >= 11 is 0. The molecule has 0 amide bonds. The summed E-state index contributed by atoms with van der Waals surface area (Å²) < 4.78 is 34.6. The Labute approximate surface area is 168 Å². The molecule has 1 N–H and O–H groups in total. The second kappa shape index (κ2) is 7.39. The minimum atomic E-state index is -1.07. The summed E-state index contributed by atoms with van der Waals surface area (Å²) in [5.74, 6) is -1.18. The fourth-order valence-corrected chi connectivity index (χ4v) is 3.56. The number of aromatic nitrogens is 2. The number of halogens is 2. The maximum Gasteiger partial charge on any atom is 0.194 e. The maximum absolute atomic E-state index is 14.0. The van der Waals surface area contributed by atoms with E-state index in [0.29, 0.717) is 37.1 Å². The van der Waals surface area contributed by atoms with Gasteiger partial charge in [-0.1, -0.05) is 0 Å². The number of methoxy groups -OCH3 is 1. The maximum atomic E-state index is 14.0. The largest absolute Gasteiger partial charge is 0.502 e. The number of phenolic OH excluding ortho intramolecular Hbond substituents is 1. The predicted octanol–water partition coefficient (Wildman–Crippen LogP) is 4.72. The molecule has 0 bridgehead atoms. The highest BCUT2D eigenvalue weighted by Gasteiger charge is 2.29. The van der Waals surface area contributed by atoms with Crippen molar-refractivity contribution in [1.29, 1.82) is 0 Å². The van der Waals surface area contributed by atoms with E-state index in [-0.39, 0.29) is 5.75 Å². The number of hydrogen-bond donors (Lipinski definition) is 1. The van der Waals surface area contributed by atoms with E-state index in [0.717, 1.165) is 11.4 Å². The van der Waals surface area contributed by atoms with Crippen LogP contribution in [0.4, 0.5) is 14.5 Å². The average Bonchev–Trinajstić information content (AvgIpc) is 3.20. The van der Waals surface area contributed by atoms with Gasteiger partial charge in [-0.2, -0.15) is 5.10 Å². The molecule has 2 aromatic carbocycles. The normalized spacial score (nSPS) is 16.1. The molecule has 0 unspecified atom stereocenters. The van der Waals surface area contributed by atoms with Crippen LogP contribution >= 0.6 is 0 Å². The van der Waals surface area contributed by atoms with Crippen molar-refractivity contribution in [3.8, 4) is 28.3 Å². The fraction of sp³-hybridized carbons (Fsp3) is 0.318. The van der Waals surface area contributed by atoms with Crippen molar-refractivity contribution in [2.45, 2.75) is 25.4 Å². The van der Waals surface area contributed by atoms with E-state index in [1.54, 1.807) is 30.1 Å². The quantitative estimate of drug-likeness (QED) is 0.690. The van der Waals surface area contributed by atoms with E-state index >= 15 is 0 Å². The molecule has 152 valence electrons. The lowest BCUT2D eigenvalue weighted by Gasteiger charge is -2.35. The van der Waals surface area contributed by atoms with Crippen LogP contribution in [-0.4, -0.2) is 40.8 Å². The molecule has 1 aliphatic rings. The Morgan fingerprint density at radius 2 is 1.72 bits per heavy atom. The van der Waals surface area contributed by atoms with Gasteiger partial charge < -0.3 is 14.7 Å². The third-order valence-electron chi connectivity index (χ3n) is 5.45. The van der Waals surface area contributed by atoms with Gasteiger partial charge in [-0.3, -0.25) is 0 Å². The number of ether oxygens (including phenoxy) is 1. The first-order chi connectivity index (χ1) is 13.9. The zero-order valence-corrected chi connectivity index (χ0v) is 16.4. The van der Waals surface area contributed by atoms with E-state index in [1.807, 2.05) is 24.3 Å². The molecule has 0 saturated carbocycles. The zero-order chi connectivity index (χ0) is 20.6. The minimum Gasteiger partial charge on any atom is -0.502 e. The zero-order valence-electron chi connectivity index (χ0n) is 16.4. The van der Waals surface area contributed by atoms with Crippen molar-refractivity contribution in [3.05, 3.63) is 54.6 Å². The molecule has 1 fully saturated rings. The van der Waals surface area contributed by atoms with E-state index in [2.05, 4.69) is 10.00 Å². The van der Waals surface area contributed by atoms with Gasteiger partial charge in [-0.25, -0.2) is 13.5 Å². The van der Waals surface area contributed by atoms with Gasteiger partial charge in [0.15, 0.2) is 17.3 Å². The van der Waals surface area contributed by atoms with E-state index in [9.17, 15) is 13.9 Å². The second-order valence-electron chi connectivity index (χ2n) is 7.60. The number of phenols is 1. The minimum absolute atomic E-state index is 0.0722. The number of nitrogens with zero attached hydrogens (tertiary/aromatic N) is 3. The molecular formula is C22H23F2N3O2. The number of aromatic hydroxyl groups is 1. The highest BCUT2D eigenvalue weighted by atomic mass is 19.1. The molecule has 7 heteroatoms. The smallest absolute Gasteiger partial charge is 0.194 e. The molecule has 3 aromatic rings. The van der Waals surface area contributed by atoms with Crippen molar-refractivity contribution in [2.75, 3.05) is 25.1 Å². The van der Waals surface area contributed by atoms with Crippen LogP contribution in [0.1, 0.15) is 19.8 Å². The lowest BCUT2D eigenvalue weighted by molar-refractivity contribution is 0.149. The molecule has 5 nitrogen and oxygen atoms in total.